The number of anilines is 1. The van der Waals surface area contributed by atoms with Gasteiger partial charge in [-0.3, -0.25) is 4.79 Å². The van der Waals surface area contributed by atoms with Crippen LogP contribution in [0.2, 0.25) is 0 Å². The summed E-state index contributed by atoms with van der Waals surface area (Å²) in [6.45, 7) is 4.14. The molecule has 136 valence electrons. The van der Waals surface area contributed by atoms with Crippen molar-refractivity contribution in [2.45, 2.75) is 0 Å². The van der Waals surface area contributed by atoms with Crippen LogP contribution in [0.15, 0.2) is 36.5 Å². The lowest BCUT2D eigenvalue weighted by molar-refractivity contribution is 0.111. The van der Waals surface area contributed by atoms with Crippen LogP contribution in [-0.4, -0.2) is 64.0 Å². The van der Waals surface area contributed by atoms with Crippen molar-refractivity contribution in [1.29, 1.82) is 0 Å². The minimum atomic E-state index is 0.387. The summed E-state index contributed by atoms with van der Waals surface area (Å²) in [6.07, 6.45) is 2.54. The van der Waals surface area contributed by atoms with E-state index in [9.17, 15) is 4.79 Å². The average molecular weight is 378 g/mol. The number of thiazole rings is 1. The topological polar surface area (TPSA) is 66.6 Å². The van der Waals surface area contributed by atoms with Gasteiger partial charge in [0.1, 0.15) is 5.69 Å². The smallest absolute Gasteiger partial charge is 0.186 e. The first kappa shape index (κ1) is 16.3. The van der Waals surface area contributed by atoms with E-state index in [-0.39, 0.29) is 0 Å². The van der Waals surface area contributed by atoms with Gasteiger partial charge in [0.25, 0.3) is 0 Å². The number of fused-ring (bicyclic) bond motifs is 2. The molecule has 0 bridgehead atoms. The first-order chi connectivity index (χ1) is 13.2. The molecule has 0 aliphatic carbocycles. The van der Waals surface area contributed by atoms with Gasteiger partial charge in [0.05, 0.1) is 22.1 Å². The van der Waals surface area contributed by atoms with Crippen molar-refractivity contribution < 1.29 is 4.79 Å². The zero-order chi connectivity index (χ0) is 18.4. The van der Waals surface area contributed by atoms with Crippen LogP contribution in [0.3, 0.4) is 0 Å². The lowest BCUT2D eigenvalue weighted by Crippen LogP contribution is -2.44. The van der Waals surface area contributed by atoms with Crippen molar-refractivity contribution in [1.82, 2.24) is 24.5 Å². The number of nitrogens with zero attached hydrogens (tertiary/aromatic N) is 6. The Morgan fingerprint density at radius 2 is 1.96 bits per heavy atom. The minimum absolute atomic E-state index is 0.387. The Bertz CT molecular complexity index is 1140. The average Bonchev–Trinajstić information content (AvgIpc) is 3.31. The molecule has 4 aromatic rings. The number of likely N-dealkylation sites (N-methyl/N-ethyl adjacent to an activating group) is 1. The molecule has 7 nitrogen and oxygen atoms in total. The van der Waals surface area contributed by atoms with Gasteiger partial charge in [-0.2, -0.15) is 5.10 Å². The highest BCUT2D eigenvalue weighted by molar-refractivity contribution is 7.22. The fourth-order valence-electron chi connectivity index (χ4n) is 3.35. The number of carbonyl (C=O) groups excluding carboxylic acids is 1. The third-order valence-corrected chi connectivity index (χ3v) is 6.03. The van der Waals surface area contributed by atoms with Gasteiger partial charge < -0.3 is 9.80 Å². The van der Waals surface area contributed by atoms with Crippen LogP contribution >= 0.6 is 11.3 Å². The van der Waals surface area contributed by atoms with Crippen LogP contribution < -0.4 is 4.90 Å². The van der Waals surface area contributed by atoms with Crippen LogP contribution in [-0.2, 0) is 0 Å². The number of piperazine rings is 1. The number of aromatic nitrogens is 4. The lowest BCUT2D eigenvalue weighted by atomic mass is 10.1. The van der Waals surface area contributed by atoms with E-state index in [0.717, 1.165) is 64.7 Å². The van der Waals surface area contributed by atoms with Crippen LogP contribution in [0.4, 0.5) is 5.13 Å². The van der Waals surface area contributed by atoms with E-state index in [0.29, 0.717) is 5.69 Å². The second-order valence-electron chi connectivity index (χ2n) is 6.76. The molecule has 0 amide bonds. The van der Waals surface area contributed by atoms with E-state index in [4.69, 9.17) is 4.98 Å². The van der Waals surface area contributed by atoms with Crippen LogP contribution in [0.5, 0.6) is 0 Å². The molecule has 1 fully saturated rings. The summed E-state index contributed by atoms with van der Waals surface area (Å²) in [7, 11) is 2.15. The predicted molar refractivity (Wildman–Crippen MR) is 107 cm³/mol. The van der Waals surface area contributed by atoms with Crippen molar-refractivity contribution in [2.24, 2.45) is 0 Å². The molecule has 1 saturated heterocycles. The Labute approximate surface area is 159 Å². The molecule has 27 heavy (non-hydrogen) atoms. The molecule has 4 heterocycles. The Balaban J connectivity index is 1.54. The first-order valence-corrected chi connectivity index (χ1v) is 9.67. The van der Waals surface area contributed by atoms with E-state index in [1.165, 1.54) is 0 Å². The molecule has 0 atom stereocenters. The molecule has 1 aliphatic heterocycles. The number of rotatable bonds is 3. The van der Waals surface area contributed by atoms with Crippen molar-refractivity contribution in [3.8, 4) is 11.3 Å². The molecule has 0 saturated carbocycles. The van der Waals surface area contributed by atoms with Crippen molar-refractivity contribution in [2.75, 3.05) is 38.1 Å². The maximum absolute atomic E-state index is 11.1. The molecule has 5 rings (SSSR count). The summed E-state index contributed by atoms with van der Waals surface area (Å²) >= 11 is 1.72. The Morgan fingerprint density at radius 1 is 1.11 bits per heavy atom. The summed E-state index contributed by atoms with van der Waals surface area (Å²) in [4.78, 5) is 25.0. The highest BCUT2D eigenvalue weighted by Gasteiger charge is 2.18. The summed E-state index contributed by atoms with van der Waals surface area (Å²) in [5, 5.41) is 5.44. The van der Waals surface area contributed by atoms with Crippen LogP contribution in [0, 0.1) is 0 Å². The molecule has 0 spiro atoms. The van der Waals surface area contributed by atoms with E-state index in [1.807, 2.05) is 12.1 Å². The Hall–Kier alpha value is -2.84. The molecule has 3 aromatic heterocycles. The monoisotopic (exact) mass is 378 g/mol. The van der Waals surface area contributed by atoms with Crippen molar-refractivity contribution in [3.63, 3.8) is 0 Å². The summed E-state index contributed by atoms with van der Waals surface area (Å²) in [5.41, 5.74) is 3.99. The molecule has 1 aromatic carbocycles. The van der Waals surface area contributed by atoms with Crippen LogP contribution in [0.1, 0.15) is 10.5 Å². The SMILES string of the molecule is CN1CCN(c2nc3ccc(-c4cnc5ccc(C=O)nn45)cc3s2)CC1. The molecular formula is C19H18N6OS. The fourth-order valence-corrected chi connectivity index (χ4v) is 4.41. The molecular weight excluding hydrogens is 360 g/mol. The maximum Gasteiger partial charge on any atom is 0.186 e. The quantitative estimate of drug-likeness (QED) is 0.511. The lowest BCUT2D eigenvalue weighted by Gasteiger charge is -2.32. The number of hydrogen-bond acceptors (Lipinski definition) is 7. The molecule has 8 heteroatoms. The Kier molecular flexibility index (Phi) is 3.87. The van der Waals surface area contributed by atoms with E-state index in [2.05, 4.69) is 33.0 Å². The van der Waals surface area contributed by atoms with E-state index in [1.54, 1.807) is 34.2 Å². The second kappa shape index (κ2) is 6.40. The highest BCUT2D eigenvalue weighted by Crippen LogP contribution is 2.32. The zero-order valence-corrected chi connectivity index (χ0v) is 15.7. The van der Waals surface area contributed by atoms with Gasteiger partial charge in [-0.1, -0.05) is 17.4 Å². The molecule has 1 aliphatic rings. The minimum Gasteiger partial charge on any atom is -0.345 e. The standard InChI is InChI=1S/C19H18N6OS/c1-23-6-8-24(9-7-23)19-21-15-4-2-13(10-17(15)27-19)16-11-20-18-5-3-14(12-26)22-25(16)18/h2-5,10-12H,6-9H2,1H3. The second-order valence-corrected chi connectivity index (χ2v) is 7.77. The third-order valence-electron chi connectivity index (χ3n) is 4.95. The highest BCUT2D eigenvalue weighted by atomic mass is 32.1. The van der Waals surface area contributed by atoms with Gasteiger partial charge in [0, 0.05) is 31.7 Å². The zero-order valence-electron chi connectivity index (χ0n) is 14.9. The van der Waals surface area contributed by atoms with Gasteiger partial charge in [-0.15, -0.1) is 0 Å². The van der Waals surface area contributed by atoms with Crippen LogP contribution in [0.25, 0.3) is 27.1 Å². The number of hydrogen-bond donors (Lipinski definition) is 0. The van der Waals surface area contributed by atoms with Gasteiger partial charge >= 0.3 is 0 Å². The maximum atomic E-state index is 11.1. The van der Waals surface area contributed by atoms with Gasteiger partial charge in [-0.05, 0) is 31.3 Å². The largest absolute Gasteiger partial charge is 0.345 e. The third kappa shape index (κ3) is 2.87. The normalized spacial score (nSPS) is 15.7. The van der Waals surface area contributed by atoms with Crippen molar-refractivity contribution >= 4 is 38.6 Å². The summed E-state index contributed by atoms with van der Waals surface area (Å²) in [5.74, 6) is 0. The summed E-state index contributed by atoms with van der Waals surface area (Å²) < 4.78 is 2.86. The number of imidazole rings is 1. The van der Waals surface area contributed by atoms with Gasteiger partial charge in [-0.25, -0.2) is 14.5 Å². The number of benzene rings is 1. The fraction of sp³-hybridized carbons (Fsp3) is 0.263. The van der Waals surface area contributed by atoms with E-state index < -0.39 is 0 Å². The number of carbonyl (C=O) groups is 1. The molecule has 0 unspecified atom stereocenters. The van der Waals surface area contributed by atoms with Gasteiger partial charge in [0.2, 0.25) is 0 Å². The molecule has 0 radical (unpaired) electrons. The summed E-state index contributed by atoms with van der Waals surface area (Å²) in [6, 6.07) is 9.69. The first-order valence-electron chi connectivity index (χ1n) is 8.86. The predicted octanol–water partition coefficient (Wildman–Crippen LogP) is 2.57. The van der Waals surface area contributed by atoms with E-state index >= 15 is 0 Å². The molecule has 0 N–H and O–H groups in total. The van der Waals surface area contributed by atoms with Crippen molar-refractivity contribution in [3.05, 3.63) is 42.2 Å². The van der Waals surface area contributed by atoms with Gasteiger partial charge in [0.15, 0.2) is 17.1 Å². The number of aldehydes is 1. The Morgan fingerprint density at radius 3 is 2.78 bits per heavy atom.